The van der Waals surface area contributed by atoms with E-state index in [0.29, 0.717) is 10.7 Å². The van der Waals surface area contributed by atoms with E-state index in [1.165, 1.54) is 7.11 Å². The Morgan fingerprint density at radius 2 is 1.70 bits per heavy atom. The second kappa shape index (κ2) is 10.4. The molecule has 3 heterocycles. The molecular formula is C29H28N4O3S. The van der Waals surface area contributed by atoms with Crippen molar-refractivity contribution in [1.29, 1.82) is 0 Å². The number of ether oxygens (including phenoxy) is 2. The number of nitrogens with one attached hydrogen (secondary N) is 1. The highest BCUT2D eigenvalue weighted by molar-refractivity contribution is 7.80. The lowest BCUT2D eigenvalue weighted by Crippen LogP contribution is -2.30. The van der Waals surface area contributed by atoms with Gasteiger partial charge in [-0.25, -0.2) is 4.79 Å². The van der Waals surface area contributed by atoms with Gasteiger partial charge in [0.25, 0.3) is 0 Å². The number of esters is 1. The van der Waals surface area contributed by atoms with E-state index in [2.05, 4.69) is 25.8 Å². The third kappa shape index (κ3) is 4.93. The highest BCUT2D eigenvalue weighted by Gasteiger charge is 2.42. The predicted molar refractivity (Wildman–Crippen MR) is 147 cm³/mol. The van der Waals surface area contributed by atoms with Crippen LogP contribution in [0.5, 0.6) is 5.75 Å². The van der Waals surface area contributed by atoms with Gasteiger partial charge in [-0.2, -0.15) is 0 Å². The van der Waals surface area contributed by atoms with Crippen molar-refractivity contribution in [2.45, 2.75) is 32.0 Å². The summed E-state index contributed by atoms with van der Waals surface area (Å²) in [6.45, 7) is 4.01. The monoisotopic (exact) mass is 512 g/mol. The largest absolute Gasteiger partial charge is 0.491 e. The van der Waals surface area contributed by atoms with Crippen LogP contribution in [0.3, 0.4) is 0 Å². The third-order valence-corrected chi connectivity index (χ3v) is 6.55. The predicted octanol–water partition coefficient (Wildman–Crippen LogP) is 5.62. The van der Waals surface area contributed by atoms with Crippen molar-refractivity contribution in [3.8, 4) is 11.4 Å². The van der Waals surface area contributed by atoms with Gasteiger partial charge in [-0.15, -0.1) is 0 Å². The minimum absolute atomic E-state index is 0.0931. The van der Waals surface area contributed by atoms with Gasteiger partial charge in [-0.3, -0.25) is 4.98 Å². The minimum atomic E-state index is -0.365. The first-order chi connectivity index (χ1) is 18.0. The van der Waals surface area contributed by atoms with Crippen LogP contribution in [-0.2, 0) is 4.74 Å². The molecule has 0 amide bonds. The first-order valence-electron chi connectivity index (χ1n) is 12.1. The number of thiocarbonyl (C=S) groups is 1. The summed E-state index contributed by atoms with van der Waals surface area (Å²) in [5.74, 6) is 0.444. The second-order valence-electron chi connectivity index (χ2n) is 9.00. The third-order valence-electron chi connectivity index (χ3n) is 6.23. The first kappa shape index (κ1) is 24.5. The SMILES string of the molecule is COC(=O)c1ccc(-n2cccc2[C@@H]2[C@H](c3ccccn3)NC(=S)N2c2ccc(OC(C)C)cc2)cc1. The summed E-state index contributed by atoms with van der Waals surface area (Å²) in [5.41, 5.74) is 4.29. The lowest BCUT2D eigenvalue weighted by atomic mass is 10.0. The van der Waals surface area contributed by atoms with Crippen molar-refractivity contribution in [3.05, 3.63) is 108 Å². The molecule has 0 unspecified atom stereocenters. The lowest BCUT2D eigenvalue weighted by molar-refractivity contribution is 0.0600. The van der Waals surface area contributed by atoms with Gasteiger partial charge in [0.1, 0.15) is 11.8 Å². The Bertz CT molecular complexity index is 1380. The number of carbonyl (C=O) groups is 1. The Morgan fingerprint density at radius 3 is 2.35 bits per heavy atom. The molecule has 8 heteroatoms. The summed E-state index contributed by atoms with van der Waals surface area (Å²) < 4.78 is 12.8. The molecule has 0 saturated carbocycles. The van der Waals surface area contributed by atoms with E-state index in [0.717, 1.165) is 28.5 Å². The molecule has 1 N–H and O–H groups in total. The molecule has 0 radical (unpaired) electrons. The molecular weight excluding hydrogens is 484 g/mol. The number of pyridine rings is 1. The Kier molecular flexibility index (Phi) is 6.92. The van der Waals surface area contributed by atoms with Crippen molar-refractivity contribution in [1.82, 2.24) is 14.9 Å². The molecule has 2 atom stereocenters. The number of rotatable bonds is 7. The van der Waals surface area contributed by atoms with E-state index in [4.69, 9.17) is 21.7 Å². The van der Waals surface area contributed by atoms with E-state index < -0.39 is 0 Å². The Morgan fingerprint density at radius 1 is 0.973 bits per heavy atom. The molecule has 37 heavy (non-hydrogen) atoms. The maximum atomic E-state index is 11.9. The van der Waals surface area contributed by atoms with Crippen LogP contribution in [0.2, 0.25) is 0 Å². The van der Waals surface area contributed by atoms with E-state index >= 15 is 0 Å². The number of aromatic nitrogens is 2. The van der Waals surface area contributed by atoms with Gasteiger partial charge < -0.3 is 24.3 Å². The number of benzene rings is 2. The summed E-state index contributed by atoms with van der Waals surface area (Å²) in [5, 5.41) is 4.12. The molecule has 0 aliphatic carbocycles. The van der Waals surface area contributed by atoms with Gasteiger partial charge in [0.05, 0.1) is 30.5 Å². The normalized spacial score (nSPS) is 17.1. The molecule has 188 valence electrons. The highest BCUT2D eigenvalue weighted by Crippen LogP contribution is 2.42. The molecule has 1 aliphatic rings. The van der Waals surface area contributed by atoms with Gasteiger partial charge in [-0.05, 0) is 98.9 Å². The van der Waals surface area contributed by atoms with Gasteiger partial charge in [0.15, 0.2) is 5.11 Å². The molecule has 0 spiro atoms. The van der Waals surface area contributed by atoms with Crippen molar-refractivity contribution in [3.63, 3.8) is 0 Å². The van der Waals surface area contributed by atoms with Crippen LogP contribution >= 0.6 is 12.2 Å². The number of hydrogen-bond donors (Lipinski definition) is 1. The van der Waals surface area contributed by atoms with E-state index in [9.17, 15) is 4.79 Å². The molecule has 2 aromatic heterocycles. The van der Waals surface area contributed by atoms with Crippen molar-refractivity contribution in [2.24, 2.45) is 0 Å². The maximum Gasteiger partial charge on any atom is 0.337 e. The summed E-state index contributed by atoms with van der Waals surface area (Å²) >= 11 is 5.87. The number of anilines is 1. The highest BCUT2D eigenvalue weighted by atomic mass is 32.1. The molecule has 1 saturated heterocycles. The van der Waals surface area contributed by atoms with Crippen LogP contribution in [0, 0.1) is 0 Å². The fourth-order valence-electron chi connectivity index (χ4n) is 4.64. The molecule has 7 nitrogen and oxygen atoms in total. The molecule has 4 aromatic rings. The first-order valence-corrected chi connectivity index (χ1v) is 12.5. The Hall–Kier alpha value is -4.17. The fraction of sp³-hybridized carbons (Fsp3) is 0.207. The van der Waals surface area contributed by atoms with Crippen LogP contribution < -0.4 is 15.0 Å². The number of nitrogens with zero attached hydrogens (tertiary/aromatic N) is 3. The van der Waals surface area contributed by atoms with E-state index in [1.807, 2.05) is 80.7 Å². The van der Waals surface area contributed by atoms with Crippen LogP contribution in [0.15, 0.2) is 91.3 Å². The summed E-state index contributed by atoms with van der Waals surface area (Å²) in [6, 6.07) is 25.0. The van der Waals surface area contributed by atoms with Gasteiger partial charge in [0.2, 0.25) is 0 Å². The Balaban J connectivity index is 1.57. The summed E-state index contributed by atoms with van der Waals surface area (Å²) in [7, 11) is 1.38. The van der Waals surface area contributed by atoms with Crippen molar-refractivity contribution < 1.29 is 14.3 Å². The Labute approximate surface area is 221 Å². The smallest absolute Gasteiger partial charge is 0.337 e. The van der Waals surface area contributed by atoms with Crippen LogP contribution in [-0.4, -0.2) is 33.8 Å². The molecule has 0 bridgehead atoms. The standard InChI is InChI=1S/C29H28N4O3S/c1-19(2)36-23-15-13-22(14-16-23)33-27(26(31-29(33)37)24-7-4-5-17-30-24)25-8-6-18-32(25)21-11-9-20(10-12-21)28(34)35-3/h4-19,26-27H,1-3H3,(H,31,37)/t26-,27+/m0/s1. The van der Waals surface area contributed by atoms with Gasteiger partial charge >= 0.3 is 5.97 Å². The average Bonchev–Trinajstić information content (AvgIpc) is 3.53. The zero-order valence-corrected chi connectivity index (χ0v) is 21.7. The average molecular weight is 513 g/mol. The van der Waals surface area contributed by atoms with Gasteiger partial charge in [0, 0.05) is 29.5 Å². The van der Waals surface area contributed by atoms with Crippen molar-refractivity contribution in [2.75, 3.05) is 12.0 Å². The topological polar surface area (TPSA) is 68.6 Å². The molecule has 1 fully saturated rings. The fourth-order valence-corrected chi connectivity index (χ4v) is 4.98. The zero-order valence-electron chi connectivity index (χ0n) is 20.9. The quantitative estimate of drug-likeness (QED) is 0.254. The zero-order chi connectivity index (χ0) is 25.9. The van der Waals surface area contributed by atoms with E-state index in [-0.39, 0.29) is 24.2 Å². The van der Waals surface area contributed by atoms with E-state index in [1.54, 1.807) is 18.3 Å². The summed E-state index contributed by atoms with van der Waals surface area (Å²) in [4.78, 5) is 18.7. The lowest BCUT2D eigenvalue weighted by Gasteiger charge is -2.29. The second-order valence-corrected chi connectivity index (χ2v) is 9.39. The van der Waals surface area contributed by atoms with Crippen LogP contribution in [0.1, 0.15) is 47.7 Å². The number of methoxy groups -OCH3 is 1. The maximum absolute atomic E-state index is 11.9. The number of carbonyl (C=O) groups excluding carboxylic acids is 1. The van der Waals surface area contributed by atoms with Gasteiger partial charge in [-0.1, -0.05) is 6.07 Å². The summed E-state index contributed by atoms with van der Waals surface area (Å²) in [6.07, 6.45) is 3.90. The molecule has 5 rings (SSSR count). The molecule has 2 aromatic carbocycles. The molecule has 1 aliphatic heterocycles. The van der Waals surface area contributed by atoms with Crippen molar-refractivity contribution >= 4 is 29.0 Å². The van der Waals surface area contributed by atoms with Crippen LogP contribution in [0.25, 0.3) is 5.69 Å². The minimum Gasteiger partial charge on any atom is -0.491 e. The van der Waals surface area contributed by atoms with Crippen LogP contribution in [0.4, 0.5) is 5.69 Å². The number of hydrogen-bond acceptors (Lipinski definition) is 5.